The van der Waals surface area contributed by atoms with E-state index >= 15 is 0 Å². The van der Waals surface area contributed by atoms with Crippen LogP contribution in [0.5, 0.6) is 0 Å². The van der Waals surface area contributed by atoms with E-state index in [1.54, 1.807) is 11.3 Å². The summed E-state index contributed by atoms with van der Waals surface area (Å²) in [6, 6.07) is 10.8. The molecule has 0 amide bonds. The SMILES string of the molecule is Cc1cccc(-c2nc(C3(C#N)CC3)sc2C)c1. The van der Waals surface area contributed by atoms with Crippen molar-refractivity contribution in [3.8, 4) is 17.3 Å². The first-order valence-corrected chi connectivity index (χ1v) is 6.92. The van der Waals surface area contributed by atoms with Gasteiger partial charge in [-0.05, 0) is 32.8 Å². The molecule has 0 atom stereocenters. The molecule has 1 aliphatic carbocycles. The van der Waals surface area contributed by atoms with E-state index in [9.17, 15) is 5.26 Å². The quantitative estimate of drug-likeness (QED) is 0.812. The molecule has 3 rings (SSSR count). The second-order valence-electron chi connectivity index (χ2n) is 4.99. The van der Waals surface area contributed by atoms with Gasteiger partial charge >= 0.3 is 0 Å². The molecule has 90 valence electrons. The van der Waals surface area contributed by atoms with Gasteiger partial charge in [0.15, 0.2) is 0 Å². The summed E-state index contributed by atoms with van der Waals surface area (Å²) >= 11 is 1.68. The summed E-state index contributed by atoms with van der Waals surface area (Å²) in [5.41, 5.74) is 3.17. The number of aromatic nitrogens is 1. The summed E-state index contributed by atoms with van der Waals surface area (Å²) in [6.07, 6.45) is 1.92. The van der Waals surface area contributed by atoms with Crippen LogP contribution in [0.1, 0.15) is 28.3 Å². The third-order valence-corrected chi connectivity index (χ3v) is 4.64. The fourth-order valence-electron chi connectivity index (χ4n) is 2.16. The zero-order valence-electron chi connectivity index (χ0n) is 10.5. The Bertz CT molecular complexity index is 645. The lowest BCUT2D eigenvalue weighted by molar-refractivity contribution is 0.891. The van der Waals surface area contributed by atoms with Gasteiger partial charge in [-0.15, -0.1) is 11.3 Å². The molecule has 2 nitrogen and oxygen atoms in total. The Balaban J connectivity index is 2.07. The number of benzene rings is 1. The normalized spacial score (nSPS) is 16.3. The van der Waals surface area contributed by atoms with E-state index in [-0.39, 0.29) is 5.41 Å². The number of rotatable bonds is 2. The van der Waals surface area contributed by atoms with Crippen molar-refractivity contribution in [1.82, 2.24) is 4.98 Å². The first-order valence-electron chi connectivity index (χ1n) is 6.11. The van der Waals surface area contributed by atoms with E-state index in [0.717, 1.165) is 29.1 Å². The van der Waals surface area contributed by atoms with Crippen molar-refractivity contribution < 1.29 is 0 Å². The number of hydrogen-bond donors (Lipinski definition) is 0. The molecule has 1 aliphatic rings. The summed E-state index contributed by atoms with van der Waals surface area (Å²) in [5, 5.41) is 10.2. The van der Waals surface area contributed by atoms with Gasteiger partial charge in [-0.1, -0.05) is 23.8 Å². The molecule has 0 radical (unpaired) electrons. The van der Waals surface area contributed by atoms with Crippen LogP contribution < -0.4 is 0 Å². The number of nitrogens with zero attached hydrogens (tertiary/aromatic N) is 2. The molecule has 18 heavy (non-hydrogen) atoms. The van der Waals surface area contributed by atoms with Gasteiger partial charge in [-0.3, -0.25) is 0 Å². The Kier molecular flexibility index (Phi) is 2.49. The molecule has 2 aromatic rings. The molecule has 0 N–H and O–H groups in total. The average molecular weight is 254 g/mol. The third kappa shape index (κ3) is 1.74. The van der Waals surface area contributed by atoms with Gasteiger partial charge in [-0.2, -0.15) is 5.26 Å². The first-order chi connectivity index (χ1) is 8.64. The Morgan fingerprint density at radius 1 is 1.33 bits per heavy atom. The Labute approximate surface area is 111 Å². The highest BCUT2D eigenvalue weighted by Gasteiger charge is 2.48. The molecule has 1 aromatic carbocycles. The van der Waals surface area contributed by atoms with Crippen LogP contribution in [0.3, 0.4) is 0 Å². The second-order valence-corrected chi connectivity index (χ2v) is 6.19. The largest absolute Gasteiger partial charge is 0.239 e. The van der Waals surface area contributed by atoms with Crippen molar-refractivity contribution in [3.05, 3.63) is 39.7 Å². The Morgan fingerprint density at radius 2 is 2.11 bits per heavy atom. The van der Waals surface area contributed by atoms with Crippen LogP contribution in [0.25, 0.3) is 11.3 Å². The lowest BCUT2D eigenvalue weighted by Crippen LogP contribution is -2.01. The van der Waals surface area contributed by atoms with E-state index in [1.807, 2.05) is 0 Å². The monoisotopic (exact) mass is 254 g/mol. The van der Waals surface area contributed by atoms with Crippen LogP contribution in [0.15, 0.2) is 24.3 Å². The number of aryl methyl sites for hydroxylation is 2. The first kappa shape index (κ1) is 11.4. The standard InChI is InChI=1S/C15H14N2S/c1-10-4-3-5-12(8-10)13-11(2)18-14(17-13)15(9-16)6-7-15/h3-5,8H,6-7H2,1-2H3. The topological polar surface area (TPSA) is 36.7 Å². The molecule has 0 bridgehead atoms. The van der Waals surface area contributed by atoms with Gasteiger partial charge < -0.3 is 0 Å². The molecular formula is C15H14N2S. The van der Waals surface area contributed by atoms with Gasteiger partial charge in [-0.25, -0.2) is 4.98 Å². The predicted molar refractivity (Wildman–Crippen MR) is 73.5 cm³/mol. The Morgan fingerprint density at radius 3 is 2.72 bits per heavy atom. The highest BCUT2D eigenvalue weighted by Crippen LogP contribution is 2.50. The molecule has 1 heterocycles. The van der Waals surface area contributed by atoms with Crippen molar-refractivity contribution in [2.24, 2.45) is 0 Å². The van der Waals surface area contributed by atoms with E-state index in [4.69, 9.17) is 4.98 Å². The maximum Gasteiger partial charge on any atom is 0.114 e. The van der Waals surface area contributed by atoms with Crippen molar-refractivity contribution in [1.29, 1.82) is 5.26 Å². The van der Waals surface area contributed by atoms with Gasteiger partial charge in [0, 0.05) is 10.4 Å². The molecule has 1 fully saturated rings. The van der Waals surface area contributed by atoms with Crippen LogP contribution >= 0.6 is 11.3 Å². The highest BCUT2D eigenvalue weighted by molar-refractivity contribution is 7.12. The molecule has 0 spiro atoms. The van der Waals surface area contributed by atoms with E-state index < -0.39 is 0 Å². The summed E-state index contributed by atoms with van der Waals surface area (Å²) < 4.78 is 0. The molecule has 0 saturated heterocycles. The summed E-state index contributed by atoms with van der Waals surface area (Å²) in [5.74, 6) is 0. The van der Waals surface area contributed by atoms with Gasteiger partial charge in [0.05, 0.1) is 11.8 Å². The third-order valence-electron chi connectivity index (χ3n) is 3.46. The second kappa shape index (κ2) is 3.93. The van der Waals surface area contributed by atoms with Gasteiger partial charge in [0.1, 0.15) is 10.4 Å². The minimum atomic E-state index is -0.266. The molecule has 3 heteroatoms. The summed E-state index contributed by atoms with van der Waals surface area (Å²) in [6.45, 7) is 4.18. The van der Waals surface area contributed by atoms with Gasteiger partial charge in [0.2, 0.25) is 0 Å². The minimum absolute atomic E-state index is 0.266. The van der Waals surface area contributed by atoms with Crippen LogP contribution in [0.2, 0.25) is 0 Å². The van der Waals surface area contributed by atoms with E-state index in [2.05, 4.69) is 44.2 Å². The van der Waals surface area contributed by atoms with Crippen LogP contribution in [-0.2, 0) is 5.41 Å². The van der Waals surface area contributed by atoms with E-state index in [0.29, 0.717) is 0 Å². The number of nitriles is 1. The molecular weight excluding hydrogens is 240 g/mol. The minimum Gasteiger partial charge on any atom is -0.239 e. The summed E-state index contributed by atoms with van der Waals surface area (Å²) in [4.78, 5) is 5.93. The molecule has 1 saturated carbocycles. The van der Waals surface area contributed by atoms with Crippen molar-refractivity contribution in [2.45, 2.75) is 32.1 Å². The number of thiazole rings is 1. The van der Waals surface area contributed by atoms with Crippen molar-refractivity contribution >= 4 is 11.3 Å². The average Bonchev–Trinajstić information content (AvgIpc) is 3.07. The van der Waals surface area contributed by atoms with Crippen LogP contribution in [-0.4, -0.2) is 4.98 Å². The van der Waals surface area contributed by atoms with Gasteiger partial charge in [0.25, 0.3) is 0 Å². The highest BCUT2D eigenvalue weighted by atomic mass is 32.1. The lowest BCUT2D eigenvalue weighted by Gasteiger charge is -2.00. The smallest absolute Gasteiger partial charge is 0.114 e. The maximum atomic E-state index is 9.24. The predicted octanol–water partition coefficient (Wildman–Crippen LogP) is 3.98. The molecule has 1 aromatic heterocycles. The molecule has 0 aliphatic heterocycles. The fraction of sp³-hybridized carbons (Fsp3) is 0.333. The van der Waals surface area contributed by atoms with Crippen molar-refractivity contribution in [3.63, 3.8) is 0 Å². The van der Waals surface area contributed by atoms with Crippen LogP contribution in [0.4, 0.5) is 0 Å². The zero-order chi connectivity index (χ0) is 12.8. The maximum absolute atomic E-state index is 9.24. The Hall–Kier alpha value is -1.66. The molecule has 0 unspecified atom stereocenters. The van der Waals surface area contributed by atoms with E-state index in [1.165, 1.54) is 10.4 Å². The zero-order valence-corrected chi connectivity index (χ0v) is 11.3. The van der Waals surface area contributed by atoms with Crippen LogP contribution in [0, 0.1) is 25.2 Å². The van der Waals surface area contributed by atoms with Crippen molar-refractivity contribution in [2.75, 3.05) is 0 Å². The summed E-state index contributed by atoms with van der Waals surface area (Å²) in [7, 11) is 0. The fourth-order valence-corrected chi connectivity index (χ4v) is 3.29. The lowest BCUT2D eigenvalue weighted by atomic mass is 10.1. The number of hydrogen-bond acceptors (Lipinski definition) is 3.